The molecule has 1 aliphatic carbocycles. The Bertz CT molecular complexity index is 813. The molecule has 2 aliphatic rings. The molecule has 2 aromatic rings. The second-order valence-corrected chi connectivity index (χ2v) is 8.32. The summed E-state index contributed by atoms with van der Waals surface area (Å²) in [4.78, 5) is 26.3. The van der Waals surface area contributed by atoms with Gasteiger partial charge in [0, 0.05) is 13.1 Å². The number of likely N-dealkylation sites (tertiary alicyclic amines) is 1. The second-order valence-electron chi connectivity index (χ2n) is 8.32. The minimum atomic E-state index is -0.219. The molecule has 0 unspecified atom stereocenters. The zero-order chi connectivity index (χ0) is 21.6. The van der Waals surface area contributed by atoms with Gasteiger partial charge in [-0.2, -0.15) is 5.10 Å². The third-order valence-electron chi connectivity index (χ3n) is 5.60. The normalized spacial score (nSPS) is 22.5. The zero-order valence-electron chi connectivity index (χ0n) is 18.1. The van der Waals surface area contributed by atoms with Crippen LogP contribution in [0.2, 0.25) is 0 Å². The monoisotopic (exact) mass is 430 g/mol. The Morgan fingerprint density at radius 1 is 1.00 bits per heavy atom. The molecule has 0 radical (unpaired) electrons. The van der Waals surface area contributed by atoms with E-state index in [9.17, 15) is 4.79 Å². The summed E-state index contributed by atoms with van der Waals surface area (Å²) in [6.07, 6.45) is 12.1. The molecule has 4 rings (SSSR count). The predicted octanol–water partition coefficient (Wildman–Crippen LogP) is 2.77. The van der Waals surface area contributed by atoms with Crippen LogP contribution in [-0.4, -0.2) is 73.2 Å². The Morgan fingerprint density at radius 2 is 1.71 bits per heavy atom. The minimum Gasteiger partial charge on any atom is -0.473 e. The highest BCUT2D eigenvalue weighted by Crippen LogP contribution is 2.27. The topological polar surface area (TPSA) is 104 Å². The smallest absolute Gasteiger partial charge is 0.410 e. The van der Waals surface area contributed by atoms with Crippen LogP contribution >= 0.6 is 0 Å². The number of carbonyl (C=O) groups is 1. The van der Waals surface area contributed by atoms with Gasteiger partial charge in [0.15, 0.2) is 5.82 Å². The summed E-state index contributed by atoms with van der Waals surface area (Å²) in [7, 11) is 0. The molecule has 1 saturated heterocycles. The van der Waals surface area contributed by atoms with E-state index >= 15 is 0 Å². The molecule has 10 heteroatoms. The summed E-state index contributed by atoms with van der Waals surface area (Å²) >= 11 is 0. The van der Waals surface area contributed by atoms with Crippen molar-refractivity contribution in [1.82, 2.24) is 29.6 Å². The molecule has 2 fully saturated rings. The van der Waals surface area contributed by atoms with Crippen molar-refractivity contribution < 1.29 is 19.0 Å². The van der Waals surface area contributed by atoms with Crippen molar-refractivity contribution in [1.29, 1.82) is 0 Å². The van der Waals surface area contributed by atoms with E-state index in [0.29, 0.717) is 24.8 Å². The van der Waals surface area contributed by atoms with Gasteiger partial charge in [0.05, 0.1) is 30.7 Å². The number of hydrogen-bond acceptors (Lipinski definition) is 8. The maximum atomic E-state index is 12.0. The fraction of sp³-hybridized carbons (Fsp3) is 0.667. The number of hydrogen-bond donors (Lipinski definition) is 0. The Balaban J connectivity index is 1.16. The average molecular weight is 431 g/mol. The van der Waals surface area contributed by atoms with Gasteiger partial charge in [-0.05, 0) is 52.4 Å². The van der Waals surface area contributed by atoms with Crippen LogP contribution in [0.25, 0.3) is 5.82 Å². The average Bonchev–Trinajstić information content (AvgIpc) is 3.31. The summed E-state index contributed by atoms with van der Waals surface area (Å²) < 4.78 is 19.2. The summed E-state index contributed by atoms with van der Waals surface area (Å²) in [5.74, 6) is 1.12. The van der Waals surface area contributed by atoms with Crippen LogP contribution in [0.15, 0.2) is 25.0 Å². The number of aromatic nitrogens is 5. The van der Waals surface area contributed by atoms with Gasteiger partial charge in [-0.1, -0.05) is 0 Å². The molecule has 1 saturated carbocycles. The van der Waals surface area contributed by atoms with Crippen LogP contribution in [0.3, 0.4) is 0 Å². The fourth-order valence-electron chi connectivity index (χ4n) is 3.99. The van der Waals surface area contributed by atoms with Crippen molar-refractivity contribution in [2.24, 2.45) is 0 Å². The lowest BCUT2D eigenvalue weighted by molar-refractivity contribution is -0.0659. The van der Waals surface area contributed by atoms with Crippen LogP contribution < -0.4 is 4.74 Å². The van der Waals surface area contributed by atoms with Crippen LogP contribution in [0.4, 0.5) is 4.79 Å². The highest BCUT2D eigenvalue weighted by molar-refractivity contribution is 5.67. The first-order chi connectivity index (χ1) is 15.1. The molecular weight excluding hydrogens is 400 g/mol. The molecule has 10 nitrogen and oxygen atoms in total. The highest BCUT2D eigenvalue weighted by Gasteiger charge is 2.29. The van der Waals surface area contributed by atoms with Gasteiger partial charge in [0.2, 0.25) is 5.88 Å². The van der Waals surface area contributed by atoms with E-state index in [-0.39, 0.29) is 30.5 Å². The standard InChI is InChI=1S/C21H30N6O4/c1-15(2)29-21(28)26-9-7-18(8-10-26)30-16-3-5-17(6-4-16)31-20-12-23-19(11-24-20)27-14-22-13-25-27/h11-18H,3-10H2,1-2H3/t16-,17-. The summed E-state index contributed by atoms with van der Waals surface area (Å²) in [5.41, 5.74) is 0. The molecule has 0 N–H and O–H groups in total. The van der Waals surface area contributed by atoms with Crippen LogP contribution in [0, 0.1) is 0 Å². The Labute approximate surface area is 181 Å². The van der Waals surface area contributed by atoms with E-state index in [1.807, 2.05) is 13.8 Å². The third-order valence-corrected chi connectivity index (χ3v) is 5.60. The van der Waals surface area contributed by atoms with E-state index in [4.69, 9.17) is 14.2 Å². The van der Waals surface area contributed by atoms with Crippen molar-refractivity contribution in [2.75, 3.05) is 13.1 Å². The van der Waals surface area contributed by atoms with E-state index in [0.717, 1.165) is 38.5 Å². The quantitative estimate of drug-likeness (QED) is 0.689. The SMILES string of the molecule is CC(C)OC(=O)N1CCC(O[C@H]2CC[C@H](Oc3cnc(-n4cncn4)cn3)CC2)CC1. The van der Waals surface area contributed by atoms with E-state index < -0.39 is 0 Å². The maximum Gasteiger partial charge on any atom is 0.410 e. The first-order valence-corrected chi connectivity index (χ1v) is 11.0. The molecule has 0 spiro atoms. The first-order valence-electron chi connectivity index (χ1n) is 11.0. The molecule has 3 heterocycles. The molecule has 2 aromatic heterocycles. The molecule has 0 aromatic carbocycles. The van der Waals surface area contributed by atoms with Crippen LogP contribution in [0.1, 0.15) is 52.4 Å². The molecule has 0 atom stereocenters. The Morgan fingerprint density at radius 3 is 2.32 bits per heavy atom. The van der Waals surface area contributed by atoms with Crippen LogP contribution in [0.5, 0.6) is 5.88 Å². The molecule has 168 valence electrons. The van der Waals surface area contributed by atoms with Gasteiger partial charge in [0.25, 0.3) is 0 Å². The molecule has 31 heavy (non-hydrogen) atoms. The van der Waals surface area contributed by atoms with Crippen molar-refractivity contribution >= 4 is 6.09 Å². The van der Waals surface area contributed by atoms with Gasteiger partial charge in [0.1, 0.15) is 18.8 Å². The van der Waals surface area contributed by atoms with Crippen molar-refractivity contribution in [3.05, 3.63) is 25.0 Å². The number of amides is 1. The second kappa shape index (κ2) is 10.0. The largest absolute Gasteiger partial charge is 0.473 e. The first kappa shape index (κ1) is 21.5. The lowest BCUT2D eigenvalue weighted by Crippen LogP contribution is -2.43. The van der Waals surface area contributed by atoms with Gasteiger partial charge in [-0.25, -0.2) is 24.4 Å². The number of rotatable bonds is 6. The number of ether oxygens (including phenoxy) is 3. The molecule has 1 amide bonds. The fourth-order valence-corrected chi connectivity index (χ4v) is 3.99. The summed E-state index contributed by atoms with van der Waals surface area (Å²) in [6, 6.07) is 0. The van der Waals surface area contributed by atoms with Crippen molar-refractivity contribution in [2.45, 2.75) is 76.8 Å². The Hall–Kier alpha value is -2.75. The van der Waals surface area contributed by atoms with Crippen LogP contribution in [-0.2, 0) is 9.47 Å². The number of carbonyl (C=O) groups excluding carboxylic acids is 1. The lowest BCUT2D eigenvalue weighted by atomic mass is 9.94. The summed E-state index contributed by atoms with van der Waals surface area (Å²) in [6.45, 7) is 5.12. The van der Waals surface area contributed by atoms with E-state index in [1.165, 1.54) is 6.33 Å². The molecular formula is C21H30N6O4. The van der Waals surface area contributed by atoms with Crippen molar-refractivity contribution in [3.63, 3.8) is 0 Å². The van der Waals surface area contributed by atoms with Crippen molar-refractivity contribution in [3.8, 4) is 11.7 Å². The van der Waals surface area contributed by atoms with Gasteiger partial charge in [-0.15, -0.1) is 0 Å². The number of nitrogens with zero attached hydrogens (tertiary/aromatic N) is 6. The lowest BCUT2D eigenvalue weighted by Gasteiger charge is -2.35. The predicted molar refractivity (Wildman–Crippen MR) is 111 cm³/mol. The highest BCUT2D eigenvalue weighted by atomic mass is 16.6. The van der Waals surface area contributed by atoms with E-state index in [1.54, 1.807) is 28.3 Å². The summed E-state index contributed by atoms with van der Waals surface area (Å²) in [5, 5.41) is 4.03. The van der Waals surface area contributed by atoms with Gasteiger partial charge >= 0.3 is 6.09 Å². The van der Waals surface area contributed by atoms with Gasteiger partial charge < -0.3 is 19.1 Å². The Kier molecular flexibility index (Phi) is 6.96. The number of piperidine rings is 1. The zero-order valence-corrected chi connectivity index (χ0v) is 18.1. The van der Waals surface area contributed by atoms with E-state index in [2.05, 4.69) is 20.1 Å². The molecule has 1 aliphatic heterocycles. The minimum absolute atomic E-state index is 0.0866. The maximum absolute atomic E-state index is 12.0. The third kappa shape index (κ3) is 5.90. The van der Waals surface area contributed by atoms with Gasteiger partial charge in [-0.3, -0.25) is 0 Å². The molecule has 0 bridgehead atoms.